The fourth-order valence-corrected chi connectivity index (χ4v) is 4.39. The smallest absolute Gasteiger partial charge is 0.274 e. The first-order valence-corrected chi connectivity index (χ1v) is 9.03. The minimum atomic E-state index is -0.107. The van der Waals surface area contributed by atoms with E-state index in [0.717, 1.165) is 23.4 Å². The molecule has 2 bridgehead atoms. The van der Waals surface area contributed by atoms with E-state index in [1.54, 1.807) is 18.5 Å². The molecule has 0 aromatic carbocycles. The van der Waals surface area contributed by atoms with E-state index < -0.39 is 0 Å². The molecular weight excluding hydrogens is 344 g/mol. The Balaban J connectivity index is 1.54. The van der Waals surface area contributed by atoms with E-state index in [0.29, 0.717) is 25.3 Å². The summed E-state index contributed by atoms with van der Waals surface area (Å²) in [7, 11) is 0. The van der Waals surface area contributed by atoms with Crippen LogP contribution in [0.15, 0.2) is 58.3 Å². The van der Waals surface area contributed by atoms with Gasteiger partial charge in [-0.2, -0.15) is 0 Å². The van der Waals surface area contributed by atoms with Crippen molar-refractivity contribution in [2.24, 2.45) is 5.92 Å². The molecule has 2 unspecified atom stereocenters. The van der Waals surface area contributed by atoms with Crippen LogP contribution in [0.1, 0.15) is 28.5 Å². The molecule has 5 heterocycles. The number of piperidine rings is 1. The molecular formula is C20H18N4O3. The van der Waals surface area contributed by atoms with E-state index in [4.69, 9.17) is 4.42 Å². The summed E-state index contributed by atoms with van der Waals surface area (Å²) in [6, 6.07) is 7.17. The summed E-state index contributed by atoms with van der Waals surface area (Å²) in [6.07, 6.45) is 7.18. The Kier molecular flexibility index (Phi) is 3.67. The van der Waals surface area contributed by atoms with Crippen LogP contribution in [0, 0.1) is 5.92 Å². The monoisotopic (exact) mass is 362 g/mol. The minimum absolute atomic E-state index is 0.00343. The molecule has 0 N–H and O–H groups in total. The number of amides is 1. The van der Waals surface area contributed by atoms with E-state index in [-0.39, 0.29) is 23.3 Å². The number of pyridine rings is 1. The highest BCUT2D eigenvalue weighted by Crippen LogP contribution is 2.40. The SMILES string of the molecule is O=C(c1cnccn1)N1CC2CC(C1)c1c(-c3ccco3)ccc(=O)n1C2. The van der Waals surface area contributed by atoms with Crippen molar-refractivity contribution in [2.45, 2.75) is 18.9 Å². The molecule has 2 aliphatic heterocycles. The van der Waals surface area contributed by atoms with Crippen LogP contribution >= 0.6 is 0 Å². The van der Waals surface area contributed by atoms with Crippen molar-refractivity contribution in [3.05, 3.63) is 70.9 Å². The van der Waals surface area contributed by atoms with Crippen LogP contribution in [0.5, 0.6) is 0 Å². The van der Waals surface area contributed by atoms with Gasteiger partial charge in [0.05, 0.1) is 12.5 Å². The zero-order chi connectivity index (χ0) is 18.4. The molecule has 7 heteroatoms. The third-order valence-electron chi connectivity index (χ3n) is 5.45. The fraction of sp³-hybridized carbons (Fsp3) is 0.300. The molecule has 2 atom stereocenters. The van der Waals surface area contributed by atoms with E-state index in [1.165, 1.54) is 12.4 Å². The Morgan fingerprint density at radius 3 is 2.85 bits per heavy atom. The molecule has 1 fully saturated rings. The highest BCUT2D eigenvalue weighted by Gasteiger charge is 2.38. The number of fused-ring (bicyclic) bond motifs is 4. The summed E-state index contributed by atoms with van der Waals surface area (Å²) in [4.78, 5) is 35.3. The van der Waals surface area contributed by atoms with Crippen molar-refractivity contribution in [3.63, 3.8) is 0 Å². The highest BCUT2D eigenvalue weighted by atomic mass is 16.3. The maximum absolute atomic E-state index is 12.9. The van der Waals surface area contributed by atoms with E-state index >= 15 is 0 Å². The summed E-state index contributed by atoms with van der Waals surface area (Å²) in [6.45, 7) is 1.80. The van der Waals surface area contributed by atoms with Gasteiger partial charge in [-0.15, -0.1) is 0 Å². The van der Waals surface area contributed by atoms with Gasteiger partial charge in [0.2, 0.25) is 0 Å². The lowest BCUT2D eigenvalue weighted by Crippen LogP contribution is -2.49. The number of hydrogen-bond donors (Lipinski definition) is 0. The molecule has 0 aliphatic carbocycles. The Morgan fingerprint density at radius 1 is 1.15 bits per heavy atom. The molecule has 2 aliphatic rings. The zero-order valence-electron chi connectivity index (χ0n) is 14.6. The van der Waals surface area contributed by atoms with Crippen LogP contribution in [0.4, 0.5) is 0 Å². The first-order valence-electron chi connectivity index (χ1n) is 9.03. The van der Waals surface area contributed by atoms with Crippen LogP contribution in [0.2, 0.25) is 0 Å². The summed E-state index contributed by atoms with van der Waals surface area (Å²) in [5.74, 6) is 0.979. The maximum atomic E-state index is 12.9. The van der Waals surface area contributed by atoms with Gasteiger partial charge in [-0.1, -0.05) is 0 Å². The predicted molar refractivity (Wildman–Crippen MR) is 97.2 cm³/mol. The van der Waals surface area contributed by atoms with Gasteiger partial charge >= 0.3 is 0 Å². The Morgan fingerprint density at radius 2 is 2.07 bits per heavy atom. The van der Waals surface area contributed by atoms with Gasteiger partial charge in [-0.3, -0.25) is 14.6 Å². The second kappa shape index (κ2) is 6.19. The quantitative estimate of drug-likeness (QED) is 0.698. The summed E-state index contributed by atoms with van der Waals surface area (Å²) >= 11 is 0. The summed E-state index contributed by atoms with van der Waals surface area (Å²) in [5, 5.41) is 0. The van der Waals surface area contributed by atoms with Crippen molar-refractivity contribution in [1.82, 2.24) is 19.4 Å². The van der Waals surface area contributed by atoms with Gasteiger partial charge in [0.25, 0.3) is 11.5 Å². The molecule has 1 amide bonds. The third-order valence-corrected chi connectivity index (χ3v) is 5.45. The number of furan rings is 1. The van der Waals surface area contributed by atoms with Crippen molar-refractivity contribution in [3.8, 4) is 11.3 Å². The first-order chi connectivity index (χ1) is 13.2. The summed E-state index contributed by atoms with van der Waals surface area (Å²) < 4.78 is 7.45. The number of nitrogens with zero attached hydrogens (tertiary/aromatic N) is 4. The highest BCUT2D eigenvalue weighted by molar-refractivity contribution is 5.92. The molecule has 3 aromatic heterocycles. The van der Waals surface area contributed by atoms with Crippen LogP contribution in [-0.2, 0) is 6.54 Å². The predicted octanol–water partition coefficient (Wildman–Crippen LogP) is 2.16. The Hall–Kier alpha value is -3.22. The van der Waals surface area contributed by atoms with Crippen molar-refractivity contribution in [2.75, 3.05) is 13.1 Å². The van der Waals surface area contributed by atoms with Crippen molar-refractivity contribution >= 4 is 5.91 Å². The van der Waals surface area contributed by atoms with Crippen LogP contribution in [-0.4, -0.2) is 38.4 Å². The number of carbonyl (C=O) groups excluding carboxylic acids is 1. The van der Waals surface area contributed by atoms with Crippen LogP contribution in [0.25, 0.3) is 11.3 Å². The summed E-state index contributed by atoms with van der Waals surface area (Å²) in [5.41, 5.74) is 2.25. The minimum Gasteiger partial charge on any atom is -0.464 e. The van der Waals surface area contributed by atoms with Crippen LogP contribution < -0.4 is 5.56 Å². The molecule has 1 saturated heterocycles. The van der Waals surface area contributed by atoms with Gasteiger partial charge in [0.1, 0.15) is 11.5 Å². The molecule has 3 aromatic rings. The molecule has 0 radical (unpaired) electrons. The van der Waals surface area contributed by atoms with E-state index in [9.17, 15) is 9.59 Å². The average Bonchev–Trinajstić information content (AvgIpc) is 3.23. The second-order valence-electron chi connectivity index (χ2n) is 7.16. The lowest BCUT2D eigenvalue weighted by atomic mass is 9.81. The van der Waals surface area contributed by atoms with Gasteiger partial charge in [-0.25, -0.2) is 4.98 Å². The number of hydrogen-bond acceptors (Lipinski definition) is 5. The largest absolute Gasteiger partial charge is 0.464 e. The lowest BCUT2D eigenvalue weighted by Gasteiger charge is -2.43. The molecule has 27 heavy (non-hydrogen) atoms. The second-order valence-corrected chi connectivity index (χ2v) is 7.16. The Bertz CT molecular complexity index is 1040. The molecule has 5 rings (SSSR count). The molecule has 7 nitrogen and oxygen atoms in total. The zero-order valence-corrected chi connectivity index (χ0v) is 14.6. The van der Waals surface area contributed by atoms with Gasteiger partial charge in [0.15, 0.2) is 0 Å². The van der Waals surface area contributed by atoms with Gasteiger partial charge in [-0.05, 0) is 30.5 Å². The number of rotatable bonds is 2. The van der Waals surface area contributed by atoms with Crippen molar-refractivity contribution < 1.29 is 9.21 Å². The molecule has 136 valence electrons. The fourth-order valence-electron chi connectivity index (χ4n) is 4.39. The lowest BCUT2D eigenvalue weighted by molar-refractivity contribution is 0.0589. The van der Waals surface area contributed by atoms with Crippen molar-refractivity contribution in [1.29, 1.82) is 0 Å². The Labute approximate surface area is 155 Å². The van der Waals surface area contributed by atoms with E-state index in [1.807, 2.05) is 27.7 Å². The first kappa shape index (κ1) is 16.0. The number of carbonyl (C=O) groups is 1. The standard InChI is InChI=1S/C20H18N4O3/c25-18-4-3-15(17-2-1-7-27-17)19-14-8-13(11-24(18)19)10-23(12-14)20(26)16-9-21-5-6-22-16/h1-7,9,13-14H,8,10-12H2. The molecule has 0 spiro atoms. The number of aromatic nitrogens is 3. The topological polar surface area (TPSA) is 81.2 Å². The number of likely N-dealkylation sites (tertiary alicyclic amines) is 1. The van der Waals surface area contributed by atoms with Gasteiger partial charge < -0.3 is 13.9 Å². The average molecular weight is 362 g/mol. The molecule has 0 saturated carbocycles. The van der Waals surface area contributed by atoms with E-state index in [2.05, 4.69) is 9.97 Å². The van der Waals surface area contributed by atoms with Gasteiger partial charge in [0, 0.05) is 55.3 Å². The van der Waals surface area contributed by atoms with Crippen LogP contribution in [0.3, 0.4) is 0 Å². The normalized spacial score (nSPS) is 21.0. The third kappa shape index (κ3) is 2.66. The maximum Gasteiger partial charge on any atom is 0.274 e.